The first-order valence-electron chi connectivity index (χ1n) is 6.03. The number of carbonyl (C=O) groups is 2. The van der Waals surface area contributed by atoms with Crippen LogP contribution < -0.4 is 5.32 Å². The SMILES string of the molecule is O=C(Cc1ccc(Cl)cc1)Nc1cc(C(=O)O)ccc1F. The predicted molar refractivity (Wildman–Crippen MR) is 77.1 cm³/mol. The molecule has 0 aliphatic rings. The van der Waals surface area contributed by atoms with Gasteiger partial charge in [0.05, 0.1) is 17.7 Å². The molecule has 108 valence electrons. The second-order valence-corrected chi connectivity index (χ2v) is 4.79. The summed E-state index contributed by atoms with van der Waals surface area (Å²) >= 11 is 5.74. The summed E-state index contributed by atoms with van der Waals surface area (Å²) in [6, 6.07) is 9.88. The summed E-state index contributed by atoms with van der Waals surface area (Å²) in [5.74, 6) is -2.33. The van der Waals surface area contributed by atoms with Crippen LogP contribution in [0.1, 0.15) is 15.9 Å². The van der Waals surface area contributed by atoms with Crippen LogP contribution in [0.5, 0.6) is 0 Å². The predicted octanol–water partition coefficient (Wildman–Crippen LogP) is 3.36. The number of benzene rings is 2. The fraction of sp³-hybridized carbons (Fsp3) is 0.0667. The van der Waals surface area contributed by atoms with Gasteiger partial charge in [0, 0.05) is 5.02 Å². The molecule has 0 fully saturated rings. The molecule has 0 aromatic heterocycles. The Balaban J connectivity index is 2.10. The Morgan fingerprint density at radius 2 is 1.81 bits per heavy atom. The number of carboxylic acid groups (broad SMARTS) is 1. The molecule has 0 aliphatic heterocycles. The van der Waals surface area contributed by atoms with Crippen LogP contribution in [-0.4, -0.2) is 17.0 Å². The lowest BCUT2D eigenvalue weighted by molar-refractivity contribution is -0.115. The van der Waals surface area contributed by atoms with Crippen molar-refractivity contribution in [1.29, 1.82) is 0 Å². The first-order chi connectivity index (χ1) is 9.95. The average molecular weight is 308 g/mol. The van der Waals surface area contributed by atoms with E-state index in [9.17, 15) is 14.0 Å². The van der Waals surface area contributed by atoms with Crippen molar-refractivity contribution >= 4 is 29.2 Å². The molecule has 0 bridgehead atoms. The number of aromatic carboxylic acids is 1. The Bertz CT molecular complexity index is 686. The van der Waals surface area contributed by atoms with Gasteiger partial charge in [0.15, 0.2) is 0 Å². The topological polar surface area (TPSA) is 66.4 Å². The third-order valence-corrected chi connectivity index (χ3v) is 3.02. The lowest BCUT2D eigenvalue weighted by atomic mass is 10.1. The van der Waals surface area contributed by atoms with E-state index < -0.39 is 17.7 Å². The van der Waals surface area contributed by atoms with Crippen LogP contribution in [0.15, 0.2) is 42.5 Å². The number of carboxylic acids is 1. The highest BCUT2D eigenvalue weighted by Gasteiger charge is 2.11. The van der Waals surface area contributed by atoms with E-state index >= 15 is 0 Å². The van der Waals surface area contributed by atoms with Gasteiger partial charge < -0.3 is 10.4 Å². The smallest absolute Gasteiger partial charge is 0.335 e. The Kier molecular flexibility index (Phi) is 4.55. The molecule has 2 rings (SSSR count). The van der Waals surface area contributed by atoms with Crippen LogP contribution >= 0.6 is 11.6 Å². The summed E-state index contributed by atoms with van der Waals surface area (Å²) in [4.78, 5) is 22.7. The van der Waals surface area contributed by atoms with E-state index in [0.29, 0.717) is 10.6 Å². The largest absolute Gasteiger partial charge is 0.478 e. The first kappa shape index (κ1) is 15.0. The van der Waals surface area contributed by atoms with E-state index in [4.69, 9.17) is 16.7 Å². The van der Waals surface area contributed by atoms with Crippen molar-refractivity contribution in [2.45, 2.75) is 6.42 Å². The van der Waals surface area contributed by atoms with Crippen molar-refractivity contribution < 1.29 is 19.1 Å². The molecule has 0 radical (unpaired) electrons. The molecule has 0 heterocycles. The van der Waals surface area contributed by atoms with Crippen molar-refractivity contribution in [2.24, 2.45) is 0 Å². The zero-order chi connectivity index (χ0) is 15.4. The molecule has 0 aliphatic carbocycles. The zero-order valence-electron chi connectivity index (χ0n) is 10.8. The Labute approximate surface area is 125 Å². The summed E-state index contributed by atoms with van der Waals surface area (Å²) in [5.41, 5.74) is 0.457. The number of anilines is 1. The number of hydrogen-bond acceptors (Lipinski definition) is 2. The Hall–Kier alpha value is -2.40. The number of carbonyl (C=O) groups excluding carboxylic acids is 1. The van der Waals surface area contributed by atoms with Gasteiger partial charge in [0.25, 0.3) is 0 Å². The van der Waals surface area contributed by atoms with Gasteiger partial charge in [0.1, 0.15) is 5.82 Å². The van der Waals surface area contributed by atoms with Gasteiger partial charge in [-0.2, -0.15) is 0 Å². The maximum absolute atomic E-state index is 13.6. The van der Waals surface area contributed by atoms with Gasteiger partial charge in [-0.15, -0.1) is 0 Å². The Morgan fingerprint density at radius 1 is 1.14 bits per heavy atom. The van der Waals surface area contributed by atoms with Gasteiger partial charge in [-0.3, -0.25) is 4.79 Å². The van der Waals surface area contributed by atoms with Crippen LogP contribution in [0.4, 0.5) is 10.1 Å². The van der Waals surface area contributed by atoms with E-state index in [0.717, 1.165) is 18.2 Å². The molecule has 0 saturated heterocycles. The second-order valence-electron chi connectivity index (χ2n) is 4.35. The number of hydrogen-bond donors (Lipinski definition) is 2. The van der Waals surface area contributed by atoms with Crippen LogP contribution in [0.2, 0.25) is 5.02 Å². The fourth-order valence-corrected chi connectivity index (χ4v) is 1.86. The highest BCUT2D eigenvalue weighted by molar-refractivity contribution is 6.30. The van der Waals surface area contributed by atoms with Gasteiger partial charge in [-0.1, -0.05) is 23.7 Å². The first-order valence-corrected chi connectivity index (χ1v) is 6.40. The fourth-order valence-electron chi connectivity index (χ4n) is 1.74. The third-order valence-electron chi connectivity index (χ3n) is 2.77. The highest BCUT2D eigenvalue weighted by atomic mass is 35.5. The van der Waals surface area contributed by atoms with Crippen molar-refractivity contribution in [1.82, 2.24) is 0 Å². The molecule has 21 heavy (non-hydrogen) atoms. The monoisotopic (exact) mass is 307 g/mol. The van der Waals surface area contributed by atoms with E-state index in [1.165, 1.54) is 0 Å². The summed E-state index contributed by atoms with van der Waals surface area (Å²) in [6.07, 6.45) is 0.0356. The lowest BCUT2D eigenvalue weighted by Gasteiger charge is -2.07. The summed E-state index contributed by atoms with van der Waals surface area (Å²) in [7, 11) is 0. The minimum absolute atomic E-state index is 0.0356. The van der Waals surface area contributed by atoms with Crippen molar-refractivity contribution in [3.05, 3.63) is 64.4 Å². The second kappa shape index (κ2) is 6.37. The number of amides is 1. The molecule has 6 heteroatoms. The maximum atomic E-state index is 13.6. The molecule has 4 nitrogen and oxygen atoms in total. The quantitative estimate of drug-likeness (QED) is 0.910. The van der Waals surface area contributed by atoms with Gasteiger partial charge in [-0.25, -0.2) is 9.18 Å². The number of rotatable bonds is 4. The molecule has 0 spiro atoms. The average Bonchev–Trinajstić information content (AvgIpc) is 2.43. The van der Waals surface area contributed by atoms with Crippen LogP contribution in [0.25, 0.3) is 0 Å². The van der Waals surface area contributed by atoms with Crippen molar-refractivity contribution in [3.8, 4) is 0 Å². The van der Waals surface area contributed by atoms with E-state index in [2.05, 4.69) is 5.32 Å². The van der Waals surface area contributed by atoms with Crippen molar-refractivity contribution in [3.63, 3.8) is 0 Å². The van der Waals surface area contributed by atoms with E-state index in [-0.39, 0.29) is 17.7 Å². The number of halogens is 2. The molecule has 2 N–H and O–H groups in total. The van der Waals surface area contributed by atoms with E-state index in [1.54, 1.807) is 24.3 Å². The zero-order valence-corrected chi connectivity index (χ0v) is 11.5. The summed E-state index contributed by atoms with van der Waals surface area (Å²) < 4.78 is 13.6. The maximum Gasteiger partial charge on any atom is 0.335 e. The highest BCUT2D eigenvalue weighted by Crippen LogP contribution is 2.17. The normalized spacial score (nSPS) is 10.2. The molecule has 1 amide bonds. The van der Waals surface area contributed by atoms with Crippen LogP contribution in [0.3, 0.4) is 0 Å². The molecule has 2 aromatic rings. The minimum atomic E-state index is -1.19. The van der Waals surface area contributed by atoms with Crippen LogP contribution in [-0.2, 0) is 11.2 Å². The molecular formula is C15H11ClFNO3. The van der Waals surface area contributed by atoms with Crippen LogP contribution in [0, 0.1) is 5.82 Å². The molecular weight excluding hydrogens is 297 g/mol. The molecule has 0 unspecified atom stereocenters. The lowest BCUT2D eigenvalue weighted by Crippen LogP contribution is -2.15. The summed E-state index contributed by atoms with van der Waals surface area (Å²) in [6.45, 7) is 0. The standard InChI is InChI=1S/C15H11ClFNO3/c16-11-4-1-9(2-5-11)7-14(19)18-13-8-10(15(20)21)3-6-12(13)17/h1-6,8H,7H2,(H,18,19)(H,20,21). The minimum Gasteiger partial charge on any atom is -0.478 e. The van der Waals surface area contributed by atoms with E-state index in [1.807, 2.05) is 0 Å². The van der Waals surface area contributed by atoms with Crippen molar-refractivity contribution in [2.75, 3.05) is 5.32 Å². The van der Waals surface area contributed by atoms with Gasteiger partial charge >= 0.3 is 5.97 Å². The van der Waals surface area contributed by atoms with Gasteiger partial charge in [0.2, 0.25) is 5.91 Å². The molecule has 0 atom stereocenters. The number of nitrogens with one attached hydrogen (secondary N) is 1. The van der Waals surface area contributed by atoms with Gasteiger partial charge in [-0.05, 0) is 35.9 Å². The Morgan fingerprint density at radius 3 is 2.43 bits per heavy atom. The molecule has 2 aromatic carbocycles. The molecule has 0 saturated carbocycles. The third kappa shape index (κ3) is 4.03. The summed E-state index contributed by atoms with van der Waals surface area (Å²) in [5, 5.41) is 11.8.